The largest absolute Gasteiger partial charge is 0.497 e. The summed E-state index contributed by atoms with van der Waals surface area (Å²) in [5.74, 6) is 0.193. The molecule has 0 bridgehead atoms. The third-order valence-corrected chi connectivity index (χ3v) is 6.60. The van der Waals surface area contributed by atoms with Crippen LogP contribution in [0, 0.1) is 17.8 Å². The van der Waals surface area contributed by atoms with E-state index in [1.807, 2.05) is 0 Å². The Balaban J connectivity index is 1.66. The molecular weight excluding hydrogens is 462 g/mol. The van der Waals surface area contributed by atoms with Gasteiger partial charge in [0.25, 0.3) is 5.91 Å². The van der Waals surface area contributed by atoms with Crippen molar-refractivity contribution in [3.8, 4) is 11.5 Å². The number of hydrogen-bond donors (Lipinski definition) is 1. The summed E-state index contributed by atoms with van der Waals surface area (Å²) in [5, 5.41) is 2.64. The predicted molar refractivity (Wildman–Crippen MR) is 135 cm³/mol. The van der Waals surface area contributed by atoms with E-state index in [1.165, 1.54) is 26.4 Å². The minimum Gasteiger partial charge on any atom is -0.497 e. The minimum atomic E-state index is -0.785. The van der Waals surface area contributed by atoms with Gasteiger partial charge < -0.3 is 24.3 Å². The zero-order valence-electron chi connectivity index (χ0n) is 21.5. The van der Waals surface area contributed by atoms with Crippen molar-refractivity contribution in [2.24, 2.45) is 17.8 Å². The highest BCUT2D eigenvalue weighted by molar-refractivity contribution is 6.04. The maximum atomic E-state index is 13.1. The fourth-order valence-electron chi connectivity index (χ4n) is 4.60. The Bertz CT molecular complexity index is 1080. The summed E-state index contributed by atoms with van der Waals surface area (Å²) in [6.07, 6.45) is 2.72. The van der Waals surface area contributed by atoms with Crippen molar-refractivity contribution < 1.29 is 33.3 Å². The summed E-state index contributed by atoms with van der Waals surface area (Å²) in [5.41, 5.74) is 0.556. The molecule has 1 fully saturated rings. The van der Waals surface area contributed by atoms with Gasteiger partial charge in [-0.25, -0.2) is 9.59 Å². The van der Waals surface area contributed by atoms with Crippen LogP contribution in [0.3, 0.4) is 0 Å². The molecule has 36 heavy (non-hydrogen) atoms. The third kappa shape index (κ3) is 6.77. The number of anilines is 1. The van der Waals surface area contributed by atoms with Gasteiger partial charge in [0.05, 0.1) is 31.0 Å². The van der Waals surface area contributed by atoms with Crippen LogP contribution < -0.4 is 14.8 Å². The molecule has 8 heteroatoms. The van der Waals surface area contributed by atoms with E-state index in [0.29, 0.717) is 29.0 Å². The lowest BCUT2D eigenvalue weighted by molar-refractivity contribution is -0.119. The second kappa shape index (κ2) is 12.4. The van der Waals surface area contributed by atoms with E-state index < -0.39 is 24.5 Å². The lowest BCUT2D eigenvalue weighted by Gasteiger charge is -2.36. The second-order valence-corrected chi connectivity index (χ2v) is 9.51. The molecule has 1 aliphatic rings. The van der Waals surface area contributed by atoms with Crippen molar-refractivity contribution in [3.63, 3.8) is 0 Å². The summed E-state index contributed by atoms with van der Waals surface area (Å²) >= 11 is 0. The molecule has 2 aromatic carbocycles. The molecular formula is C28H35NO7. The van der Waals surface area contributed by atoms with Gasteiger partial charge in [0.15, 0.2) is 6.61 Å². The Morgan fingerprint density at radius 3 is 2.31 bits per heavy atom. The second-order valence-electron chi connectivity index (χ2n) is 9.51. The molecule has 0 aromatic heterocycles. The average molecular weight is 498 g/mol. The molecule has 1 saturated carbocycles. The van der Waals surface area contributed by atoms with E-state index in [0.717, 1.165) is 19.3 Å². The molecule has 0 aliphatic heterocycles. The number of hydrogen-bond acceptors (Lipinski definition) is 7. The van der Waals surface area contributed by atoms with E-state index in [1.54, 1.807) is 30.3 Å². The van der Waals surface area contributed by atoms with Crippen molar-refractivity contribution in [1.29, 1.82) is 0 Å². The highest BCUT2D eigenvalue weighted by atomic mass is 16.5. The molecule has 194 valence electrons. The Morgan fingerprint density at radius 1 is 0.972 bits per heavy atom. The Morgan fingerprint density at radius 2 is 1.67 bits per heavy atom. The number of nitrogens with one attached hydrogen (secondary N) is 1. The normalized spacial score (nSPS) is 19.3. The van der Waals surface area contributed by atoms with Crippen LogP contribution in [0.2, 0.25) is 0 Å². The summed E-state index contributed by atoms with van der Waals surface area (Å²) in [7, 11) is 2.99. The highest BCUT2D eigenvalue weighted by Crippen LogP contribution is 2.36. The molecule has 3 atom stereocenters. The molecule has 0 heterocycles. The van der Waals surface area contributed by atoms with Crippen molar-refractivity contribution >= 4 is 23.5 Å². The lowest BCUT2D eigenvalue weighted by Crippen LogP contribution is -2.36. The number of amides is 1. The van der Waals surface area contributed by atoms with Crippen molar-refractivity contribution in [3.05, 3.63) is 53.6 Å². The van der Waals surface area contributed by atoms with Crippen molar-refractivity contribution in [2.75, 3.05) is 26.1 Å². The van der Waals surface area contributed by atoms with Gasteiger partial charge in [0.2, 0.25) is 0 Å². The minimum absolute atomic E-state index is 0.0548. The SMILES string of the molecule is COc1ccc(OC)c(NC(=O)COC(=O)c2ccccc2C(=O)O[C@@H]2C[C@@H](C)CC[C@H]2C(C)C)c1. The van der Waals surface area contributed by atoms with Crippen LogP contribution in [0.15, 0.2) is 42.5 Å². The van der Waals surface area contributed by atoms with E-state index in [2.05, 4.69) is 26.1 Å². The summed E-state index contributed by atoms with van der Waals surface area (Å²) in [6, 6.07) is 11.3. The first-order valence-electron chi connectivity index (χ1n) is 12.2. The smallest absolute Gasteiger partial charge is 0.339 e. The van der Waals surface area contributed by atoms with Crippen LogP contribution >= 0.6 is 0 Å². The molecule has 1 N–H and O–H groups in total. The first kappa shape index (κ1) is 27.0. The molecule has 1 aliphatic carbocycles. The van der Waals surface area contributed by atoms with Crippen molar-refractivity contribution in [1.82, 2.24) is 0 Å². The standard InChI is InChI=1S/C28H35NO7/c1-17(2)20-12-10-18(3)14-25(20)36-28(32)22-9-7-6-8-21(22)27(31)35-16-26(30)29-23-15-19(33-4)11-13-24(23)34-5/h6-9,11,13,15,17-18,20,25H,10,12,14,16H2,1-5H3,(H,29,30)/t18-,20-,25+/m0/s1. The molecule has 1 amide bonds. The number of carbonyl (C=O) groups excluding carboxylic acids is 3. The molecule has 0 unspecified atom stereocenters. The highest BCUT2D eigenvalue weighted by Gasteiger charge is 2.34. The molecule has 0 radical (unpaired) electrons. The van der Waals surface area contributed by atoms with E-state index >= 15 is 0 Å². The summed E-state index contributed by atoms with van der Waals surface area (Å²) < 4.78 is 21.5. The summed E-state index contributed by atoms with van der Waals surface area (Å²) in [4.78, 5) is 38.4. The van der Waals surface area contributed by atoms with Gasteiger partial charge in [-0.2, -0.15) is 0 Å². The van der Waals surface area contributed by atoms with Gasteiger partial charge in [-0.05, 0) is 54.9 Å². The van der Waals surface area contributed by atoms with Gasteiger partial charge in [-0.15, -0.1) is 0 Å². The molecule has 3 rings (SSSR count). The van der Waals surface area contributed by atoms with Crippen LogP contribution in [0.5, 0.6) is 11.5 Å². The van der Waals surface area contributed by atoms with Crippen LogP contribution in [-0.4, -0.2) is 44.8 Å². The number of methoxy groups -OCH3 is 2. The van der Waals surface area contributed by atoms with Crippen LogP contribution in [0.25, 0.3) is 0 Å². The number of benzene rings is 2. The fraction of sp³-hybridized carbons (Fsp3) is 0.464. The quantitative estimate of drug-likeness (QED) is 0.480. The predicted octanol–water partition coefficient (Wildman–Crippen LogP) is 5.12. The number of esters is 2. The first-order valence-corrected chi connectivity index (χ1v) is 12.2. The first-order chi connectivity index (χ1) is 17.2. The zero-order valence-corrected chi connectivity index (χ0v) is 21.5. The maximum absolute atomic E-state index is 13.1. The maximum Gasteiger partial charge on any atom is 0.339 e. The van der Waals surface area contributed by atoms with Gasteiger partial charge in [-0.1, -0.05) is 39.3 Å². The molecule has 2 aromatic rings. The Hall–Kier alpha value is -3.55. The van der Waals surface area contributed by atoms with Gasteiger partial charge in [-0.3, -0.25) is 4.79 Å². The monoisotopic (exact) mass is 497 g/mol. The summed E-state index contributed by atoms with van der Waals surface area (Å²) in [6.45, 7) is 5.89. The average Bonchev–Trinajstić information content (AvgIpc) is 2.87. The number of rotatable bonds is 9. The van der Waals surface area contributed by atoms with Gasteiger partial charge in [0, 0.05) is 6.07 Å². The number of carbonyl (C=O) groups is 3. The van der Waals surface area contributed by atoms with E-state index in [-0.39, 0.29) is 23.1 Å². The lowest BCUT2D eigenvalue weighted by atomic mass is 9.75. The molecule has 0 spiro atoms. The van der Waals surface area contributed by atoms with Crippen LogP contribution in [0.1, 0.15) is 60.7 Å². The van der Waals surface area contributed by atoms with E-state index in [9.17, 15) is 14.4 Å². The van der Waals surface area contributed by atoms with Crippen LogP contribution in [0.4, 0.5) is 5.69 Å². The topological polar surface area (TPSA) is 100 Å². The Labute approximate surface area is 212 Å². The van der Waals surface area contributed by atoms with Crippen LogP contribution in [-0.2, 0) is 14.3 Å². The van der Waals surface area contributed by atoms with Gasteiger partial charge in [0.1, 0.15) is 17.6 Å². The molecule has 0 saturated heterocycles. The number of ether oxygens (including phenoxy) is 4. The van der Waals surface area contributed by atoms with E-state index in [4.69, 9.17) is 18.9 Å². The fourth-order valence-corrected chi connectivity index (χ4v) is 4.60. The molecule has 8 nitrogen and oxygen atoms in total. The Kier molecular flexibility index (Phi) is 9.33. The third-order valence-electron chi connectivity index (χ3n) is 6.60. The van der Waals surface area contributed by atoms with Gasteiger partial charge >= 0.3 is 11.9 Å². The zero-order chi connectivity index (χ0) is 26.2. The van der Waals surface area contributed by atoms with Crippen molar-refractivity contribution in [2.45, 2.75) is 46.1 Å².